The van der Waals surface area contributed by atoms with Crippen LogP contribution in [-0.4, -0.2) is 31.0 Å². The highest BCUT2D eigenvalue weighted by Gasteiger charge is 2.16. The van der Waals surface area contributed by atoms with Gasteiger partial charge in [-0.3, -0.25) is 0 Å². The molecule has 0 spiro atoms. The van der Waals surface area contributed by atoms with E-state index in [4.69, 9.17) is 44.9 Å². The number of carbonyl (C=O) groups is 1. The highest BCUT2D eigenvalue weighted by atomic mass is 35.5. The van der Waals surface area contributed by atoms with Crippen LogP contribution in [0, 0.1) is 0 Å². The van der Waals surface area contributed by atoms with Gasteiger partial charge in [0.2, 0.25) is 5.11 Å². The number of hydrogen-bond donors (Lipinski definition) is 3. The molecule has 0 heterocycles. The minimum absolute atomic E-state index is 0.204. The number of hydrazine groups is 1. The van der Waals surface area contributed by atoms with Gasteiger partial charge in [0, 0.05) is 17.1 Å². The van der Waals surface area contributed by atoms with E-state index >= 15 is 0 Å². The lowest BCUT2D eigenvalue weighted by atomic mass is 10.2. The minimum atomic E-state index is -0.616. The molecule has 146 valence electrons. The summed E-state index contributed by atoms with van der Waals surface area (Å²) in [4.78, 5) is 12.4. The molecule has 0 saturated carbocycles. The topological polar surface area (TPSA) is 73.6 Å². The number of methoxy groups -OCH3 is 1. The van der Waals surface area contributed by atoms with Crippen LogP contribution in [0.1, 0.15) is 15.9 Å². The van der Waals surface area contributed by atoms with Crippen molar-refractivity contribution in [3.8, 4) is 11.5 Å². The zero-order valence-corrected chi connectivity index (χ0v) is 17.3. The maximum absolute atomic E-state index is 12.4. The summed E-state index contributed by atoms with van der Waals surface area (Å²) in [5, 5.41) is 6.83. The van der Waals surface area contributed by atoms with Gasteiger partial charge < -0.3 is 14.8 Å². The molecule has 0 unspecified atom stereocenters. The van der Waals surface area contributed by atoms with Crippen LogP contribution in [0.2, 0.25) is 10.0 Å². The van der Waals surface area contributed by atoms with Crippen molar-refractivity contribution in [1.29, 1.82) is 0 Å². The number of rotatable bonds is 7. The van der Waals surface area contributed by atoms with Crippen molar-refractivity contribution < 1.29 is 19.4 Å². The van der Waals surface area contributed by atoms with Crippen molar-refractivity contribution in [3.63, 3.8) is 0 Å². The Balaban J connectivity index is 2.09. The van der Waals surface area contributed by atoms with Gasteiger partial charge in [-0.05, 0) is 48.6 Å². The number of halogens is 2. The van der Waals surface area contributed by atoms with Crippen molar-refractivity contribution in [2.24, 2.45) is 0 Å². The summed E-state index contributed by atoms with van der Waals surface area (Å²) in [5.41, 5.74) is 3.77. The molecule has 0 aliphatic carbocycles. The molecule has 2 aromatic carbocycles. The molecule has 0 fully saturated rings. The Kier molecular flexibility index (Phi) is 8.25. The fourth-order valence-electron chi connectivity index (χ4n) is 2.06. The molecule has 0 radical (unpaired) electrons. The number of ether oxygens (including phenoxy) is 2. The van der Waals surface area contributed by atoms with E-state index in [2.05, 4.69) is 22.4 Å². The van der Waals surface area contributed by atoms with E-state index in [1.165, 1.54) is 19.2 Å². The van der Waals surface area contributed by atoms with Crippen LogP contribution in [0.5, 0.6) is 11.5 Å². The number of nitrogens with one attached hydrogen (secondary N) is 3. The third kappa shape index (κ3) is 6.23. The third-order valence-electron chi connectivity index (χ3n) is 3.37. The lowest BCUT2D eigenvalue weighted by molar-refractivity contribution is -0.500. The average Bonchev–Trinajstić information content (AvgIpc) is 2.67. The number of hydrazone groups is 1. The summed E-state index contributed by atoms with van der Waals surface area (Å²) in [5.74, 6) is 0.0169. The Morgan fingerprint density at radius 1 is 1.25 bits per heavy atom. The molecular formula is C19H18Cl2N3O3S+. The second-order valence-electron chi connectivity index (χ2n) is 5.34. The Labute approximate surface area is 178 Å². The molecule has 6 nitrogen and oxygen atoms in total. The second-order valence-corrected chi connectivity index (χ2v) is 6.59. The molecule has 2 rings (SSSR count). The second kappa shape index (κ2) is 10.7. The highest BCUT2D eigenvalue weighted by molar-refractivity contribution is 7.80. The first-order valence-corrected chi connectivity index (χ1v) is 9.19. The summed E-state index contributed by atoms with van der Waals surface area (Å²) >= 11 is 17.0. The Morgan fingerprint density at radius 3 is 2.71 bits per heavy atom. The van der Waals surface area contributed by atoms with E-state index in [1.54, 1.807) is 36.6 Å². The fourth-order valence-corrected chi connectivity index (χ4v) is 2.69. The largest absolute Gasteiger partial charge is 0.493 e. The van der Waals surface area contributed by atoms with Crippen molar-refractivity contribution in [3.05, 3.63) is 70.2 Å². The van der Waals surface area contributed by atoms with Crippen LogP contribution in [0.4, 0.5) is 0 Å². The van der Waals surface area contributed by atoms with Crippen LogP contribution in [0.25, 0.3) is 0 Å². The predicted octanol–water partition coefficient (Wildman–Crippen LogP) is 2.29. The predicted molar refractivity (Wildman–Crippen MR) is 114 cm³/mol. The number of thiocarbonyl (C=S) groups is 1. The number of carbonyl (C=O) groups excluding carboxylic acids is 1. The quantitative estimate of drug-likeness (QED) is 0.154. The summed E-state index contributed by atoms with van der Waals surface area (Å²) < 4.78 is 10.7. The van der Waals surface area contributed by atoms with Crippen molar-refractivity contribution >= 4 is 52.7 Å². The molecular weight excluding hydrogens is 421 g/mol. The zero-order valence-electron chi connectivity index (χ0n) is 14.9. The van der Waals surface area contributed by atoms with Crippen LogP contribution in [0.15, 0.2) is 49.1 Å². The molecule has 28 heavy (non-hydrogen) atoms. The minimum Gasteiger partial charge on any atom is -0.493 e. The first-order chi connectivity index (χ1) is 13.4. The molecule has 0 amide bonds. The molecule has 0 saturated heterocycles. The van der Waals surface area contributed by atoms with Crippen molar-refractivity contribution in [1.82, 2.24) is 10.7 Å². The Hall–Kier alpha value is -2.61. The van der Waals surface area contributed by atoms with Gasteiger partial charge in [-0.25, -0.2) is 4.79 Å². The van der Waals surface area contributed by atoms with Gasteiger partial charge in [0.1, 0.15) is 0 Å². The van der Waals surface area contributed by atoms with E-state index in [0.29, 0.717) is 22.4 Å². The van der Waals surface area contributed by atoms with E-state index < -0.39 is 5.97 Å². The number of benzene rings is 2. The standard InChI is InChI=1S/C19H17Cl2N3O3S/c1-3-8-22-19(28)24-23-11-12-4-7-16(17(9-12)26-2)27-18(25)14-6-5-13(20)10-15(14)21/h3-7,9-11H,1,8H2,2H3,(H2,22,24,28)/p+1. The summed E-state index contributed by atoms with van der Waals surface area (Å²) in [6, 6.07) is 9.59. The first-order valence-electron chi connectivity index (χ1n) is 8.03. The average molecular weight is 439 g/mol. The fraction of sp³-hybridized carbons (Fsp3) is 0.105. The normalized spacial score (nSPS) is 10.4. The smallest absolute Gasteiger partial charge is 0.345 e. The lowest BCUT2D eigenvalue weighted by Gasteiger charge is -2.10. The summed E-state index contributed by atoms with van der Waals surface area (Å²) in [6.45, 7) is 4.15. The SMILES string of the molecule is C=CCNC(=S)N[NH+]=Cc1ccc(OC(=O)c2ccc(Cl)cc2Cl)c(OC)c1. The molecule has 0 atom stereocenters. The molecule has 0 bridgehead atoms. The van der Waals surface area contributed by atoms with Crippen molar-refractivity contribution in [2.45, 2.75) is 0 Å². The van der Waals surface area contributed by atoms with Crippen LogP contribution < -0.4 is 25.3 Å². The number of hydrogen-bond acceptors (Lipinski definition) is 4. The van der Waals surface area contributed by atoms with Crippen LogP contribution in [-0.2, 0) is 0 Å². The van der Waals surface area contributed by atoms with Crippen molar-refractivity contribution in [2.75, 3.05) is 13.7 Å². The van der Waals surface area contributed by atoms with Crippen LogP contribution in [0.3, 0.4) is 0 Å². The van der Waals surface area contributed by atoms with Gasteiger partial charge in [0.15, 0.2) is 17.7 Å². The summed E-state index contributed by atoms with van der Waals surface area (Å²) in [6.07, 6.45) is 3.37. The van der Waals surface area contributed by atoms with Gasteiger partial charge in [-0.2, -0.15) is 0 Å². The maximum Gasteiger partial charge on any atom is 0.345 e. The van der Waals surface area contributed by atoms with E-state index in [0.717, 1.165) is 5.56 Å². The molecule has 9 heteroatoms. The first kappa shape index (κ1) is 21.7. The molecule has 0 aliphatic rings. The summed E-state index contributed by atoms with van der Waals surface area (Å²) in [7, 11) is 1.48. The Bertz CT molecular complexity index is 919. The van der Waals surface area contributed by atoms with Gasteiger partial charge in [0.05, 0.1) is 17.7 Å². The molecule has 0 aromatic heterocycles. The van der Waals surface area contributed by atoms with E-state index in [-0.39, 0.29) is 16.3 Å². The van der Waals surface area contributed by atoms with Gasteiger partial charge >= 0.3 is 5.97 Å². The zero-order chi connectivity index (χ0) is 20.5. The monoisotopic (exact) mass is 438 g/mol. The van der Waals surface area contributed by atoms with E-state index in [1.807, 2.05) is 0 Å². The van der Waals surface area contributed by atoms with Crippen LogP contribution >= 0.6 is 35.4 Å². The number of esters is 1. The van der Waals surface area contributed by atoms with Gasteiger partial charge in [0.25, 0.3) is 0 Å². The van der Waals surface area contributed by atoms with Gasteiger partial charge in [-0.1, -0.05) is 29.3 Å². The lowest BCUT2D eigenvalue weighted by Crippen LogP contribution is -2.82. The van der Waals surface area contributed by atoms with E-state index in [9.17, 15) is 4.79 Å². The van der Waals surface area contributed by atoms with Gasteiger partial charge in [-0.15, -0.1) is 17.1 Å². The Morgan fingerprint density at radius 2 is 2.04 bits per heavy atom. The molecule has 2 aromatic rings. The molecule has 0 aliphatic heterocycles. The molecule has 3 N–H and O–H groups in total. The highest BCUT2D eigenvalue weighted by Crippen LogP contribution is 2.29. The third-order valence-corrected chi connectivity index (χ3v) is 4.17. The maximum atomic E-state index is 12.4.